The van der Waals surface area contributed by atoms with Crippen LogP contribution in [-0.4, -0.2) is 0 Å². The quantitative estimate of drug-likeness (QED) is 0.466. The lowest BCUT2D eigenvalue weighted by molar-refractivity contribution is 0.826. The average Bonchev–Trinajstić information content (AvgIpc) is 2.15. The first-order valence-corrected chi connectivity index (χ1v) is 3.25. The van der Waals surface area contributed by atoms with E-state index >= 15 is 0 Å². The van der Waals surface area contributed by atoms with Crippen LogP contribution in [0.4, 0.5) is 0 Å². The van der Waals surface area contributed by atoms with E-state index in [1.165, 1.54) is 5.57 Å². The molecule has 1 aliphatic carbocycles. The second-order valence-corrected chi connectivity index (χ2v) is 2.51. The topological polar surface area (TPSA) is 0 Å². The highest BCUT2D eigenvalue weighted by molar-refractivity contribution is 5.28. The summed E-state index contributed by atoms with van der Waals surface area (Å²) in [5.41, 5.74) is 1.27. The third-order valence-electron chi connectivity index (χ3n) is 1.87. The Morgan fingerprint density at radius 2 is 2.22 bits per heavy atom. The fourth-order valence-electron chi connectivity index (χ4n) is 1.07. The zero-order valence-corrected chi connectivity index (χ0v) is 5.80. The molecule has 0 amide bonds. The summed E-state index contributed by atoms with van der Waals surface area (Å²) in [4.78, 5) is 0. The van der Waals surface area contributed by atoms with Gasteiger partial charge in [-0.2, -0.15) is 0 Å². The van der Waals surface area contributed by atoms with E-state index < -0.39 is 0 Å². The molecule has 0 nitrogen and oxygen atoms in total. The van der Waals surface area contributed by atoms with E-state index in [0.29, 0.717) is 11.8 Å². The molecule has 0 bridgehead atoms. The van der Waals surface area contributed by atoms with Crippen LogP contribution in [-0.2, 0) is 0 Å². The lowest BCUT2D eigenvalue weighted by Gasteiger charge is -2.06. The molecule has 1 rings (SSSR count). The minimum absolute atomic E-state index is 0.431. The largest absolute Gasteiger partial charge is 0.102 e. The summed E-state index contributed by atoms with van der Waals surface area (Å²) in [6, 6.07) is 0. The van der Waals surface area contributed by atoms with Crippen molar-refractivity contribution in [1.29, 1.82) is 0 Å². The summed E-state index contributed by atoms with van der Waals surface area (Å²) in [6.07, 6.45) is 6.26. The molecule has 0 radical (unpaired) electrons. The van der Waals surface area contributed by atoms with Crippen LogP contribution in [0, 0.1) is 11.8 Å². The van der Waals surface area contributed by atoms with Crippen molar-refractivity contribution >= 4 is 0 Å². The molecule has 0 fully saturated rings. The molecule has 0 aromatic heterocycles. The van der Waals surface area contributed by atoms with Gasteiger partial charge in [0.25, 0.3) is 0 Å². The van der Waals surface area contributed by atoms with Gasteiger partial charge in [0.1, 0.15) is 0 Å². The summed E-state index contributed by atoms with van der Waals surface area (Å²) in [7, 11) is 0. The maximum absolute atomic E-state index is 3.95. The van der Waals surface area contributed by atoms with Crippen molar-refractivity contribution in [2.45, 2.75) is 6.92 Å². The molecule has 0 saturated heterocycles. The summed E-state index contributed by atoms with van der Waals surface area (Å²) in [5.74, 6) is 0.980. The van der Waals surface area contributed by atoms with Gasteiger partial charge in [0.2, 0.25) is 0 Å². The van der Waals surface area contributed by atoms with Gasteiger partial charge in [0.05, 0.1) is 0 Å². The third-order valence-corrected chi connectivity index (χ3v) is 1.87. The lowest BCUT2D eigenvalue weighted by Crippen LogP contribution is -1.94. The molecular weight excluding hydrogens is 108 g/mol. The molecule has 9 heavy (non-hydrogen) atoms. The molecular formula is C9H12. The summed E-state index contributed by atoms with van der Waals surface area (Å²) >= 11 is 0. The molecule has 0 aliphatic heterocycles. The molecule has 0 heteroatoms. The standard InChI is InChI=1S/C9H12/c1-4-9-6-5-7(2)8(9)3/h4-7,9H,1,3H2,2H3. The van der Waals surface area contributed by atoms with Crippen molar-refractivity contribution in [3.05, 3.63) is 37.0 Å². The SMILES string of the molecule is C=CC1C=CC(C)C1=C. The molecule has 48 valence electrons. The molecule has 1 aliphatic rings. The minimum atomic E-state index is 0.431. The highest BCUT2D eigenvalue weighted by Gasteiger charge is 2.15. The summed E-state index contributed by atoms with van der Waals surface area (Å²) in [6.45, 7) is 9.82. The van der Waals surface area contributed by atoms with E-state index in [4.69, 9.17) is 0 Å². The fourth-order valence-corrected chi connectivity index (χ4v) is 1.07. The second kappa shape index (κ2) is 2.22. The Labute approximate surface area is 56.6 Å². The third kappa shape index (κ3) is 0.973. The lowest BCUT2D eigenvalue weighted by atomic mass is 9.99. The normalized spacial score (nSPS) is 33.2. The first-order chi connectivity index (χ1) is 4.25. The number of allylic oxidation sites excluding steroid dienone is 4. The van der Waals surface area contributed by atoms with Crippen LogP contribution in [0.25, 0.3) is 0 Å². The van der Waals surface area contributed by atoms with Crippen molar-refractivity contribution < 1.29 is 0 Å². The van der Waals surface area contributed by atoms with E-state index in [9.17, 15) is 0 Å². The van der Waals surface area contributed by atoms with E-state index in [1.54, 1.807) is 0 Å². The predicted octanol–water partition coefficient (Wildman–Crippen LogP) is 2.55. The van der Waals surface area contributed by atoms with Crippen molar-refractivity contribution in [3.8, 4) is 0 Å². The Balaban J connectivity index is 2.73. The molecule has 0 heterocycles. The second-order valence-electron chi connectivity index (χ2n) is 2.51. The maximum Gasteiger partial charge on any atom is 0.0158 e. The minimum Gasteiger partial charge on any atom is -0.102 e. The van der Waals surface area contributed by atoms with E-state index in [0.717, 1.165) is 0 Å². The first-order valence-electron chi connectivity index (χ1n) is 3.25. The van der Waals surface area contributed by atoms with Crippen LogP contribution in [0.3, 0.4) is 0 Å². The molecule has 0 saturated carbocycles. The zero-order chi connectivity index (χ0) is 6.85. The van der Waals surface area contributed by atoms with Gasteiger partial charge in [-0.1, -0.05) is 37.3 Å². The van der Waals surface area contributed by atoms with Crippen LogP contribution in [0.15, 0.2) is 37.0 Å². The van der Waals surface area contributed by atoms with Crippen molar-refractivity contribution in [2.75, 3.05) is 0 Å². The summed E-state index contributed by atoms with van der Waals surface area (Å²) < 4.78 is 0. The fraction of sp³-hybridized carbons (Fsp3) is 0.333. The van der Waals surface area contributed by atoms with Crippen LogP contribution in [0.5, 0.6) is 0 Å². The van der Waals surface area contributed by atoms with Gasteiger partial charge in [-0.05, 0) is 5.92 Å². The van der Waals surface area contributed by atoms with Crippen molar-refractivity contribution in [1.82, 2.24) is 0 Å². The van der Waals surface area contributed by atoms with Gasteiger partial charge >= 0.3 is 0 Å². The Kier molecular flexibility index (Phi) is 1.56. The Hall–Kier alpha value is -0.780. The van der Waals surface area contributed by atoms with Crippen molar-refractivity contribution in [2.24, 2.45) is 11.8 Å². The Bertz CT molecular complexity index is 163. The Morgan fingerprint density at radius 3 is 2.44 bits per heavy atom. The highest BCUT2D eigenvalue weighted by Crippen LogP contribution is 2.28. The number of hydrogen-bond acceptors (Lipinski definition) is 0. The van der Waals surface area contributed by atoms with E-state index in [2.05, 4.69) is 32.2 Å². The molecule has 0 N–H and O–H groups in total. The Morgan fingerprint density at radius 1 is 1.56 bits per heavy atom. The predicted molar refractivity (Wildman–Crippen MR) is 41.1 cm³/mol. The van der Waals surface area contributed by atoms with Crippen LogP contribution in [0.1, 0.15) is 6.92 Å². The molecule has 2 atom stereocenters. The number of hydrogen-bond donors (Lipinski definition) is 0. The molecule has 2 unspecified atom stereocenters. The van der Waals surface area contributed by atoms with Crippen LogP contribution in [0.2, 0.25) is 0 Å². The van der Waals surface area contributed by atoms with Crippen LogP contribution < -0.4 is 0 Å². The van der Waals surface area contributed by atoms with Gasteiger partial charge in [-0.25, -0.2) is 0 Å². The molecule has 0 aromatic carbocycles. The van der Waals surface area contributed by atoms with Gasteiger partial charge < -0.3 is 0 Å². The van der Waals surface area contributed by atoms with Gasteiger partial charge in [-0.15, -0.1) is 6.58 Å². The highest BCUT2D eigenvalue weighted by atomic mass is 14.2. The zero-order valence-electron chi connectivity index (χ0n) is 5.80. The van der Waals surface area contributed by atoms with Gasteiger partial charge in [-0.3, -0.25) is 0 Å². The average molecular weight is 120 g/mol. The maximum atomic E-state index is 3.95. The van der Waals surface area contributed by atoms with E-state index in [-0.39, 0.29) is 0 Å². The van der Waals surface area contributed by atoms with Crippen LogP contribution >= 0.6 is 0 Å². The van der Waals surface area contributed by atoms with E-state index in [1.807, 2.05) is 6.08 Å². The first kappa shape index (κ1) is 6.34. The monoisotopic (exact) mass is 120 g/mol. The van der Waals surface area contributed by atoms with Gasteiger partial charge in [0.15, 0.2) is 0 Å². The summed E-state index contributed by atoms with van der Waals surface area (Å²) in [5, 5.41) is 0. The number of rotatable bonds is 1. The van der Waals surface area contributed by atoms with Gasteiger partial charge in [0, 0.05) is 5.92 Å². The smallest absolute Gasteiger partial charge is 0.0158 e. The molecule has 0 aromatic rings. The molecule has 0 spiro atoms. The van der Waals surface area contributed by atoms with Crippen molar-refractivity contribution in [3.63, 3.8) is 0 Å².